The Morgan fingerprint density at radius 3 is 2.38 bits per heavy atom. The molecule has 0 aliphatic heterocycles. The number of hydrogen-bond donors (Lipinski definition) is 1. The molecule has 0 spiro atoms. The molecule has 1 heterocycles. The van der Waals surface area contributed by atoms with Crippen LogP contribution in [0.2, 0.25) is 0 Å². The summed E-state index contributed by atoms with van der Waals surface area (Å²) in [4.78, 5) is 4.55. The number of anilines is 1. The van der Waals surface area contributed by atoms with Crippen molar-refractivity contribution in [1.29, 1.82) is 0 Å². The van der Waals surface area contributed by atoms with Gasteiger partial charge in [0.05, 0.1) is 11.4 Å². The second kappa shape index (κ2) is 7.72. The lowest BCUT2D eigenvalue weighted by Crippen LogP contribution is -2.12. The highest BCUT2D eigenvalue weighted by molar-refractivity contribution is 5.26. The van der Waals surface area contributed by atoms with Crippen LogP contribution in [0.3, 0.4) is 0 Å². The maximum Gasteiger partial charge on any atom is 0.242 e. The van der Waals surface area contributed by atoms with Crippen LogP contribution in [0.5, 0.6) is 0 Å². The summed E-state index contributed by atoms with van der Waals surface area (Å²) in [5.41, 5.74) is 3.42. The normalized spacial score (nSPS) is 12.1. The van der Waals surface area contributed by atoms with Gasteiger partial charge in [-0.2, -0.15) is 5.10 Å². The second-order valence-corrected chi connectivity index (χ2v) is 5.26. The van der Waals surface area contributed by atoms with Crippen molar-refractivity contribution in [2.75, 3.05) is 11.9 Å². The van der Waals surface area contributed by atoms with Gasteiger partial charge in [-0.15, -0.1) is 5.10 Å². The van der Waals surface area contributed by atoms with E-state index in [9.17, 15) is 0 Å². The Morgan fingerprint density at radius 2 is 1.71 bits per heavy atom. The van der Waals surface area contributed by atoms with Gasteiger partial charge in [-0.3, -0.25) is 0 Å². The van der Waals surface area contributed by atoms with Crippen LogP contribution in [0, 0.1) is 0 Å². The predicted molar refractivity (Wildman–Crippen MR) is 86.5 cm³/mol. The van der Waals surface area contributed by atoms with E-state index >= 15 is 0 Å². The molecule has 21 heavy (non-hydrogen) atoms. The number of rotatable bonds is 7. The van der Waals surface area contributed by atoms with Gasteiger partial charge in [0.15, 0.2) is 0 Å². The smallest absolute Gasteiger partial charge is 0.242 e. The molecule has 0 saturated carbocycles. The van der Waals surface area contributed by atoms with Crippen molar-refractivity contribution in [3.05, 3.63) is 47.3 Å². The lowest BCUT2D eigenvalue weighted by atomic mass is 9.98. The zero-order valence-electron chi connectivity index (χ0n) is 13.1. The molecule has 1 aromatic carbocycles. The van der Waals surface area contributed by atoms with Crippen LogP contribution >= 0.6 is 0 Å². The predicted octanol–water partition coefficient (Wildman–Crippen LogP) is 3.60. The van der Waals surface area contributed by atoms with Crippen LogP contribution in [0.4, 0.5) is 5.95 Å². The molecule has 2 aromatic rings. The van der Waals surface area contributed by atoms with E-state index < -0.39 is 0 Å². The molecule has 1 aromatic heterocycles. The minimum atomic E-state index is 0.521. The molecular weight excluding hydrogens is 260 g/mol. The van der Waals surface area contributed by atoms with Gasteiger partial charge in [-0.25, -0.2) is 4.98 Å². The van der Waals surface area contributed by atoms with E-state index in [1.165, 1.54) is 5.56 Å². The zero-order valence-corrected chi connectivity index (χ0v) is 13.1. The third-order valence-corrected chi connectivity index (χ3v) is 3.74. The molecule has 2 rings (SSSR count). The third kappa shape index (κ3) is 4.25. The van der Waals surface area contributed by atoms with E-state index in [-0.39, 0.29) is 0 Å². The molecule has 0 aliphatic rings. The fourth-order valence-corrected chi connectivity index (χ4v) is 2.36. The summed E-state index contributed by atoms with van der Waals surface area (Å²) >= 11 is 0. The number of aryl methyl sites for hydroxylation is 2. The van der Waals surface area contributed by atoms with E-state index in [0.29, 0.717) is 11.9 Å². The standard InChI is InChI=1S/C17H24N4/c1-4-15-16(5-2)20-21-17(19-15)18-12-11-13(3)14-9-7-6-8-10-14/h6-10,13H,4-5,11-12H2,1-3H3,(H,18,19,21). The Labute approximate surface area is 127 Å². The summed E-state index contributed by atoms with van der Waals surface area (Å²) in [6, 6.07) is 10.6. The summed E-state index contributed by atoms with van der Waals surface area (Å²) in [5.74, 6) is 1.16. The van der Waals surface area contributed by atoms with Gasteiger partial charge >= 0.3 is 0 Å². The van der Waals surface area contributed by atoms with Gasteiger partial charge < -0.3 is 5.32 Å². The van der Waals surface area contributed by atoms with Crippen LogP contribution in [-0.4, -0.2) is 21.7 Å². The second-order valence-electron chi connectivity index (χ2n) is 5.26. The maximum absolute atomic E-state index is 4.55. The third-order valence-electron chi connectivity index (χ3n) is 3.74. The van der Waals surface area contributed by atoms with Crippen LogP contribution in [0.15, 0.2) is 30.3 Å². The lowest BCUT2D eigenvalue weighted by molar-refractivity contribution is 0.699. The highest BCUT2D eigenvalue weighted by atomic mass is 15.2. The van der Waals surface area contributed by atoms with Gasteiger partial charge in [-0.1, -0.05) is 51.1 Å². The molecule has 0 amide bonds. The first-order valence-corrected chi connectivity index (χ1v) is 7.75. The van der Waals surface area contributed by atoms with Crippen LogP contribution < -0.4 is 5.32 Å². The number of nitrogens with one attached hydrogen (secondary N) is 1. The Kier molecular flexibility index (Phi) is 5.67. The molecule has 0 radical (unpaired) electrons. The first-order chi connectivity index (χ1) is 10.2. The van der Waals surface area contributed by atoms with Gasteiger partial charge in [-0.05, 0) is 30.7 Å². The van der Waals surface area contributed by atoms with Gasteiger partial charge in [0.2, 0.25) is 5.95 Å². The summed E-state index contributed by atoms with van der Waals surface area (Å²) in [6.07, 6.45) is 2.83. The largest absolute Gasteiger partial charge is 0.353 e. The summed E-state index contributed by atoms with van der Waals surface area (Å²) < 4.78 is 0. The van der Waals surface area contributed by atoms with Crippen molar-refractivity contribution in [2.24, 2.45) is 0 Å². The number of aromatic nitrogens is 3. The molecule has 0 fully saturated rings. The molecule has 1 unspecified atom stereocenters. The Bertz CT molecular complexity index is 554. The van der Waals surface area contributed by atoms with Crippen molar-refractivity contribution in [1.82, 2.24) is 15.2 Å². The first-order valence-electron chi connectivity index (χ1n) is 7.75. The molecule has 4 nitrogen and oxygen atoms in total. The van der Waals surface area contributed by atoms with Crippen molar-refractivity contribution in [3.63, 3.8) is 0 Å². The fourth-order valence-electron chi connectivity index (χ4n) is 2.36. The van der Waals surface area contributed by atoms with Crippen molar-refractivity contribution in [2.45, 2.75) is 46.0 Å². The zero-order chi connectivity index (χ0) is 15.1. The van der Waals surface area contributed by atoms with Crippen LogP contribution in [-0.2, 0) is 12.8 Å². The first kappa shape index (κ1) is 15.4. The molecule has 0 aliphatic carbocycles. The lowest BCUT2D eigenvalue weighted by Gasteiger charge is -2.12. The van der Waals surface area contributed by atoms with Crippen molar-refractivity contribution in [3.8, 4) is 0 Å². The molecule has 0 saturated heterocycles. The maximum atomic E-state index is 4.55. The van der Waals surface area contributed by atoms with E-state index in [4.69, 9.17) is 0 Å². The van der Waals surface area contributed by atoms with E-state index in [1.807, 2.05) is 0 Å². The van der Waals surface area contributed by atoms with Gasteiger partial charge in [0, 0.05) is 6.54 Å². The van der Waals surface area contributed by atoms with Crippen LogP contribution in [0.25, 0.3) is 0 Å². The highest BCUT2D eigenvalue weighted by Crippen LogP contribution is 2.18. The Morgan fingerprint density at radius 1 is 1.00 bits per heavy atom. The van der Waals surface area contributed by atoms with E-state index in [0.717, 1.165) is 37.2 Å². The van der Waals surface area contributed by atoms with Crippen molar-refractivity contribution < 1.29 is 0 Å². The molecular formula is C17H24N4. The Balaban J connectivity index is 1.89. The van der Waals surface area contributed by atoms with E-state index in [1.54, 1.807) is 0 Å². The topological polar surface area (TPSA) is 50.7 Å². The number of hydrogen-bond acceptors (Lipinski definition) is 4. The average Bonchev–Trinajstić information content (AvgIpc) is 2.55. The van der Waals surface area contributed by atoms with E-state index in [2.05, 4.69) is 71.6 Å². The highest BCUT2D eigenvalue weighted by Gasteiger charge is 2.07. The Hall–Kier alpha value is -1.97. The van der Waals surface area contributed by atoms with Crippen molar-refractivity contribution >= 4 is 5.95 Å². The summed E-state index contributed by atoms with van der Waals surface area (Å²) in [7, 11) is 0. The monoisotopic (exact) mass is 284 g/mol. The molecule has 1 N–H and O–H groups in total. The van der Waals surface area contributed by atoms with Crippen LogP contribution in [0.1, 0.15) is 50.1 Å². The average molecular weight is 284 g/mol. The minimum Gasteiger partial charge on any atom is -0.353 e. The molecule has 112 valence electrons. The molecule has 4 heteroatoms. The van der Waals surface area contributed by atoms with Gasteiger partial charge in [0.25, 0.3) is 0 Å². The quantitative estimate of drug-likeness (QED) is 0.844. The summed E-state index contributed by atoms with van der Waals surface area (Å²) in [5, 5.41) is 11.7. The fraction of sp³-hybridized carbons (Fsp3) is 0.471. The SMILES string of the molecule is CCc1nnc(NCCC(C)c2ccccc2)nc1CC. The minimum absolute atomic E-state index is 0.521. The van der Waals surface area contributed by atoms with Gasteiger partial charge in [0.1, 0.15) is 0 Å². The summed E-state index contributed by atoms with van der Waals surface area (Å²) in [6.45, 7) is 7.28. The number of nitrogens with zero attached hydrogens (tertiary/aromatic N) is 3. The molecule has 1 atom stereocenters. The number of benzene rings is 1. The molecule has 0 bridgehead atoms.